The van der Waals surface area contributed by atoms with Crippen LogP contribution in [0.3, 0.4) is 0 Å². The summed E-state index contributed by atoms with van der Waals surface area (Å²) in [5, 5.41) is 11.4. The van der Waals surface area contributed by atoms with Gasteiger partial charge in [0.05, 0.1) is 0 Å². The Labute approximate surface area is 91.4 Å². The van der Waals surface area contributed by atoms with E-state index in [0.29, 0.717) is 12.6 Å². The Balaban J connectivity index is 1.96. The SMILES string of the molecule is CCOCC(=O)Nc1nnc2n1CCS2. The highest BCUT2D eigenvalue weighted by molar-refractivity contribution is 7.99. The molecule has 1 aromatic rings. The van der Waals surface area contributed by atoms with Crippen molar-refractivity contribution < 1.29 is 9.53 Å². The number of nitrogens with one attached hydrogen (secondary N) is 1. The summed E-state index contributed by atoms with van der Waals surface area (Å²) in [5.74, 6) is 1.31. The second-order valence-corrected chi connectivity index (χ2v) is 4.05. The molecule has 15 heavy (non-hydrogen) atoms. The van der Waals surface area contributed by atoms with Crippen molar-refractivity contribution in [2.45, 2.75) is 18.6 Å². The maximum atomic E-state index is 11.3. The Morgan fingerprint density at radius 1 is 1.67 bits per heavy atom. The summed E-state index contributed by atoms with van der Waals surface area (Å²) < 4.78 is 6.89. The van der Waals surface area contributed by atoms with E-state index in [1.54, 1.807) is 11.8 Å². The summed E-state index contributed by atoms with van der Waals surface area (Å²) >= 11 is 1.64. The molecule has 0 aromatic carbocycles. The molecule has 1 aromatic heterocycles. The van der Waals surface area contributed by atoms with Crippen molar-refractivity contribution in [2.75, 3.05) is 24.3 Å². The molecule has 2 rings (SSSR count). The number of hydrogen-bond acceptors (Lipinski definition) is 5. The van der Waals surface area contributed by atoms with E-state index in [1.165, 1.54) is 0 Å². The highest BCUT2D eigenvalue weighted by atomic mass is 32.2. The topological polar surface area (TPSA) is 69.0 Å². The predicted molar refractivity (Wildman–Crippen MR) is 55.9 cm³/mol. The zero-order valence-corrected chi connectivity index (χ0v) is 9.21. The van der Waals surface area contributed by atoms with E-state index >= 15 is 0 Å². The summed E-state index contributed by atoms with van der Waals surface area (Å²) in [5.41, 5.74) is 0. The number of amides is 1. The van der Waals surface area contributed by atoms with Gasteiger partial charge >= 0.3 is 0 Å². The minimum atomic E-state index is -0.191. The molecule has 0 saturated heterocycles. The molecule has 0 aliphatic carbocycles. The molecule has 0 saturated carbocycles. The molecule has 6 nitrogen and oxygen atoms in total. The Morgan fingerprint density at radius 3 is 3.33 bits per heavy atom. The first-order valence-corrected chi connectivity index (χ1v) is 5.73. The van der Waals surface area contributed by atoms with Crippen LogP contribution in [0.1, 0.15) is 6.92 Å². The fourth-order valence-electron chi connectivity index (χ4n) is 1.27. The first-order chi connectivity index (χ1) is 7.31. The quantitative estimate of drug-likeness (QED) is 0.805. The number of hydrogen-bond donors (Lipinski definition) is 1. The van der Waals surface area contributed by atoms with E-state index in [9.17, 15) is 4.79 Å². The molecule has 0 spiro atoms. The van der Waals surface area contributed by atoms with E-state index in [4.69, 9.17) is 4.74 Å². The Bertz CT molecular complexity index is 366. The molecule has 0 atom stereocenters. The molecule has 1 aliphatic rings. The number of thioether (sulfide) groups is 1. The summed E-state index contributed by atoms with van der Waals surface area (Å²) in [4.78, 5) is 11.3. The van der Waals surface area contributed by atoms with Crippen molar-refractivity contribution in [1.29, 1.82) is 0 Å². The zero-order chi connectivity index (χ0) is 10.7. The molecule has 1 amide bonds. The number of fused-ring (bicyclic) bond motifs is 1. The molecule has 0 fully saturated rings. The summed E-state index contributed by atoms with van der Waals surface area (Å²) in [7, 11) is 0. The van der Waals surface area contributed by atoms with Crippen LogP contribution >= 0.6 is 11.8 Å². The largest absolute Gasteiger partial charge is 0.372 e. The first kappa shape index (κ1) is 10.4. The van der Waals surface area contributed by atoms with Gasteiger partial charge < -0.3 is 4.74 Å². The summed E-state index contributed by atoms with van der Waals surface area (Å²) in [6.07, 6.45) is 0. The van der Waals surface area contributed by atoms with Crippen LogP contribution in [-0.4, -0.2) is 39.6 Å². The van der Waals surface area contributed by atoms with Gasteiger partial charge in [0, 0.05) is 18.9 Å². The number of rotatable bonds is 4. The van der Waals surface area contributed by atoms with Crippen LogP contribution in [0.5, 0.6) is 0 Å². The minimum Gasteiger partial charge on any atom is -0.372 e. The monoisotopic (exact) mass is 228 g/mol. The number of carbonyl (C=O) groups is 1. The molecular formula is C8H12N4O2S. The summed E-state index contributed by atoms with van der Waals surface area (Å²) in [6.45, 7) is 3.28. The van der Waals surface area contributed by atoms with Gasteiger partial charge in [-0.05, 0) is 6.92 Å². The van der Waals surface area contributed by atoms with Crippen molar-refractivity contribution >= 4 is 23.6 Å². The third kappa shape index (κ3) is 2.29. The van der Waals surface area contributed by atoms with Crippen molar-refractivity contribution in [3.63, 3.8) is 0 Å². The van der Waals surface area contributed by atoms with E-state index in [2.05, 4.69) is 15.5 Å². The lowest BCUT2D eigenvalue weighted by molar-refractivity contribution is -0.120. The first-order valence-electron chi connectivity index (χ1n) is 4.75. The van der Waals surface area contributed by atoms with Crippen molar-refractivity contribution in [2.24, 2.45) is 0 Å². The molecule has 2 heterocycles. The van der Waals surface area contributed by atoms with E-state index in [0.717, 1.165) is 17.5 Å². The summed E-state index contributed by atoms with van der Waals surface area (Å²) in [6, 6.07) is 0. The van der Waals surface area contributed by atoms with Crippen LogP contribution in [-0.2, 0) is 16.1 Å². The Hall–Kier alpha value is -1.08. The van der Waals surface area contributed by atoms with Crippen molar-refractivity contribution in [1.82, 2.24) is 14.8 Å². The average Bonchev–Trinajstić information content (AvgIpc) is 2.80. The van der Waals surface area contributed by atoms with Gasteiger partial charge in [0.2, 0.25) is 5.95 Å². The van der Waals surface area contributed by atoms with Gasteiger partial charge in [-0.3, -0.25) is 14.7 Å². The fourth-order valence-corrected chi connectivity index (χ4v) is 2.16. The van der Waals surface area contributed by atoms with Crippen molar-refractivity contribution in [3.8, 4) is 0 Å². The fraction of sp³-hybridized carbons (Fsp3) is 0.625. The highest BCUT2D eigenvalue weighted by Gasteiger charge is 2.19. The number of nitrogens with zero attached hydrogens (tertiary/aromatic N) is 3. The number of aromatic nitrogens is 3. The van der Waals surface area contributed by atoms with Crippen LogP contribution in [0.25, 0.3) is 0 Å². The molecule has 7 heteroatoms. The van der Waals surface area contributed by atoms with Gasteiger partial charge in [-0.25, -0.2) is 0 Å². The third-order valence-corrected chi connectivity index (χ3v) is 2.90. The smallest absolute Gasteiger partial charge is 0.252 e. The van der Waals surface area contributed by atoms with Gasteiger partial charge in [0.25, 0.3) is 5.91 Å². The maximum absolute atomic E-state index is 11.3. The highest BCUT2D eigenvalue weighted by Crippen LogP contribution is 2.25. The lowest BCUT2D eigenvalue weighted by Gasteiger charge is -2.04. The second kappa shape index (κ2) is 4.63. The van der Waals surface area contributed by atoms with Gasteiger partial charge in [-0.1, -0.05) is 11.8 Å². The van der Waals surface area contributed by atoms with Crippen LogP contribution in [0.15, 0.2) is 5.16 Å². The van der Waals surface area contributed by atoms with Gasteiger partial charge in [0.1, 0.15) is 6.61 Å². The van der Waals surface area contributed by atoms with E-state index in [1.807, 2.05) is 11.5 Å². The van der Waals surface area contributed by atoms with E-state index in [-0.39, 0.29) is 12.5 Å². The second-order valence-electron chi connectivity index (χ2n) is 2.99. The average molecular weight is 228 g/mol. The molecule has 0 bridgehead atoms. The van der Waals surface area contributed by atoms with Gasteiger partial charge in [-0.15, -0.1) is 10.2 Å². The number of anilines is 1. The molecule has 82 valence electrons. The standard InChI is InChI=1S/C8H12N4O2S/c1-2-14-5-6(13)9-7-10-11-8-12(7)3-4-15-8/h2-5H2,1H3,(H,9,10,13). The van der Waals surface area contributed by atoms with Crippen LogP contribution in [0, 0.1) is 0 Å². The van der Waals surface area contributed by atoms with E-state index < -0.39 is 0 Å². The normalized spacial score (nSPS) is 13.9. The molecule has 0 radical (unpaired) electrons. The lowest BCUT2D eigenvalue weighted by Crippen LogP contribution is -2.20. The number of ether oxygens (including phenoxy) is 1. The Kier molecular flexibility index (Phi) is 3.22. The molecule has 1 aliphatic heterocycles. The third-order valence-electron chi connectivity index (χ3n) is 1.95. The van der Waals surface area contributed by atoms with Crippen LogP contribution in [0.4, 0.5) is 5.95 Å². The maximum Gasteiger partial charge on any atom is 0.252 e. The van der Waals surface area contributed by atoms with Crippen molar-refractivity contribution in [3.05, 3.63) is 0 Å². The van der Waals surface area contributed by atoms with Crippen LogP contribution < -0.4 is 5.32 Å². The minimum absolute atomic E-state index is 0.0613. The molecule has 0 unspecified atom stereocenters. The molecular weight excluding hydrogens is 216 g/mol. The Morgan fingerprint density at radius 2 is 2.53 bits per heavy atom. The van der Waals surface area contributed by atoms with Gasteiger partial charge in [0.15, 0.2) is 5.16 Å². The molecule has 1 N–H and O–H groups in total. The zero-order valence-electron chi connectivity index (χ0n) is 8.39. The predicted octanol–water partition coefficient (Wildman–Crippen LogP) is 0.359. The van der Waals surface area contributed by atoms with Gasteiger partial charge in [-0.2, -0.15) is 0 Å². The lowest BCUT2D eigenvalue weighted by atomic mass is 10.6. The van der Waals surface area contributed by atoms with Crippen LogP contribution in [0.2, 0.25) is 0 Å². The number of carbonyl (C=O) groups excluding carboxylic acids is 1.